The molecule has 0 bridgehead atoms. The fourth-order valence-corrected chi connectivity index (χ4v) is 1.74. The zero-order valence-corrected chi connectivity index (χ0v) is 8.35. The number of hydrogen-bond donors (Lipinski definition) is 0. The second-order valence-corrected chi connectivity index (χ2v) is 4.15. The van der Waals surface area contributed by atoms with Crippen LogP contribution in [0.25, 0.3) is 4.85 Å². The molecule has 0 aliphatic carbocycles. The third-order valence-electron chi connectivity index (χ3n) is 1.64. The lowest BCUT2D eigenvalue weighted by Crippen LogP contribution is -1.81. The minimum atomic E-state index is -0.0324. The molecule has 1 aromatic heterocycles. The molecule has 12 heavy (non-hydrogen) atoms. The molecule has 64 valence electrons. The Kier molecular flexibility index (Phi) is 2.83. The largest absolute Gasteiger partial charge is 0.308 e. The summed E-state index contributed by atoms with van der Waals surface area (Å²) in [4.78, 5) is 8.79. The average molecular weight is 180 g/mol. The Morgan fingerprint density at radius 2 is 2.17 bits per heavy atom. The molecule has 1 atom stereocenters. The molecule has 0 N–H and O–H groups in total. The Hall–Kier alpha value is -0.880. The zero-order chi connectivity index (χ0) is 9.14. The van der Waals surface area contributed by atoms with Crippen LogP contribution in [0.3, 0.4) is 0 Å². The standard InChI is InChI=1S/C9H12N2S/c1-6(2)9-11-5-8(12-9)7(3)10-4/h5-7H,1-3H3. The quantitative estimate of drug-likeness (QED) is 0.638. The summed E-state index contributed by atoms with van der Waals surface area (Å²) in [6.07, 6.45) is 1.82. The molecule has 1 rings (SSSR count). The van der Waals surface area contributed by atoms with Crippen LogP contribution in [0.1, 0.15) is 42.6 Å². The van der Waals surface area contributed by atoms with Crippen molar-refractivity contribution >= 4 is 11.3 Å². The van der Waals surface area contributed by atoms with Crippen LogP contribution in [0.5, 0.6) is 0 Å². The maximum Gasteiger partial charge on any atom is 0.256 e. The highest BCUT2D eigenvalue weighted by Crippen LogP contribution is 2.27. The van der Waals surface area contributed by atoms with E-state index >= 15 is 0 Å². The van der Waals surface area contributed by atoms with Gasteiger partial charge in [-0.25, -0.2) is 11.6 Å². The van der Waals surface area contributed by atoms with Crippen molar-refractivity contribution < 1.29 is 0 Å². The second kappa shape index (κ2) is 3.68. The highest BCUT2D eigenvalue weighted by Gasteiger charge is 2.13. The molecule has 1 unspecified atom stereocenters. The minimum Gasteiger partial charge on any atom is -0.308 e. The molecule has 3 heteroatoms. The molecule has 0 saturated heterocycles. The fraction of sp³-hybridized carbons (Fsp3) is 0.556. The van der Waals surface area contributed by atoms with Gasteiger partial charge in [-0.15, -0.1) is 11.3 Å². The molecule has 1 aromatic rings. The number of hydrogen-bond acceptors (Lipinski definition) is 2. The highest BCUT2D eigenvalue weighted by atomic mass is 32.1. The number of aromatic nitrogens is 1. The smallest absolute Gasteiger partial charge is 0.256 e. The summed E-state index contributed by atoms with van der Waals surface area (Å²) >= 11 is 1.65. The van der Waals surface area contributed by atoms with Crippen LogP contribution in [0.4, 0.5) is 0 Å². The molecule has 0 saturated carbocycles. The van der Waals surface area contributed by atoms with Gasteiger partial charge < -0.3 is 4.85 Å². The highest BCUT2D eigenvalue weighted by molar-refractivity contribution is 7.11. The van der Waals surface area contributed by atoms with Gasteiger partial charge in [-0.2, -0.15) is 0 Å². The molecule has 0 aromatic carbocycles. The fourth-order valence-electron chi connectivity index (χ4n) is 0.824. The van der Waals surface area contributed by atoms with E-state index in [0.29, 0.717) is 5.92 Å². The first-order chi connectivity index (χ1) is 5.65. The molecule has 0 spiro atoms. The van der Waals surface area contributed by atoms with Crippen LogP contribution in [0.15, 0.2) is 6.20 Å². The molecule has 0 fully saturated rings. The molecule has 2 nitrogen and oxygen atoms in total. The van der Waals surface area contributed by atoms with Gasteiger partial charge in [0.25, 0.3) is 6.04 Å². The van der Waals surface area contributed by atoms with Gasteiger partial charge in [0.1, 0.15) is 4.88 Å². The summed E-state index contributed by atoms with van der Waals surface area (Å²) in [6, 6.07) is -0.0324. The van der Waals surface area contributed by atoms with Crippen molar-refractivity contribution in [2.45, 2.75) is 32.7 Å². The van der Waals surface area contributed by atoms with Crippen LogP contribution in [-0.2, 0) is 0 Å². The Balaban J connectivity index is 2.86. The second-order valence-electron chi connectivity index (χ2n) is 3.06. The van der Waals surface area contributed by atoms with E-state index in [1.807, 2.05) is 13.1 Å². The summed E-state index contributed by atoms with van der Waals surface area (Å²) in [6.45, 7) is 13.0. The monoisotopic (exact) mass is 180 g/mol. The Labute approximate surface area is 77.1 Å². The van der Waals surface area contributed by atoms with Gasteiger partial charge in [0.2, 0.25) is 0 Å². The van der Waals surface area contributed by atoms with Crippen LogP contribution in [-0.4, -0.2) is 4.98 Å². The molecule has 1 heterocycles. The van der Waals surface area contributed by atoms with Gasteiger partial charge in [-0.05, 0) is 0 Å². The van der Waals surface area contributed by atoms with E-state index in [1.165, 1.54) is 0 Å². The van der Waals surface area contributed by atoms with E-state index in [9.17, 15) is 0 Å². The van der Waals surface area contributed by atoms with Crippen molar-refractivity contribution in [3.05, 3.63) is 27.5 Å². The predicted octanol–water partition coefficient (Wildman–Crippen LogP) is 3.25. The van der Waals surface area contributed by atoms with Gasteiger partial charge in [-0.1, -0.05) is 13.8 Å². The van der Waals surface area contributed by atoms with Crippen molar-refractivity contribution in [3.63, 3.8) is 0 Å². The first-order valence-electron chi connectivity index (χ1n) is 3.97. The van der Waals surface area contributed by atoms with E-state index in [4.69, 9.17) is 6.57 Å². The molecular weight excluding hydrogens is 168 g/mol. The Morgan fingerprint density at radius 3 is 2.58 bits per heavy atom. The number of rotatable bonds is 2. The van der Waals surface area contributed by atoms with Crippen LogP contribution >= 0.6 is 11.3 Å². The lowest BCUT2D eigenvalue weighted by atomic mass is 10.2. The molecule has 0 amide bonds. The Bertz CT molecular complexity index is 296. The predicted molar refractivity (Wildman–Crippen MR) is 51.2 cm³/mol. The lowest BCUT2D eigenvalue weighted by molar-refractivity contribution is 0.852. The van der Waals surface area contributed by atoms with Crippen LogP contribution < -0.4 is 0 Å². The van der Waals surface area contributed by atoms with Crippen LogP contribution in [0.2, 0.25) is 0 Å². The van der Waals surface area contributed by atoms with E-state index < -0.39 is 0 Å². The number of thiazole rings is 1. The lowest BCUT2D eigenvalue weighted by Gasteiger charge is -1.95. The first-order valence-corrected chi connectivity index (χ1v) is 4.79. The Morgan fingerprint density at radius 1 is 1.50 bits per heavy atom. The van der Waals surface area contributed by atoms with Gasteiger partial charge in [0, 0.05) is 19.0 Å². The zero-order valence-electron chi connectivity index (χ0n) is 7.53. The minimum absolute atomic E-state index is 0.0324. The summed E-state index contributed by atoms with van der Waals surface area (Å²) in [7, 11) is 0. The first kappa shape index (κ1) is 9.21. The molecular formula is C9H12N2S. The normalized spacial score (nSPS) is 12.9. The topological polar surface area (TPSA) is 17.2 Å². The summed E-state index contributed by atoms with van der Waals surface area (Å²) < 4.78 is 0. The van der Waals surface area contributed by atoms with Crippen molar-refractivity contribution in [1.29, 1.82) is 0 Å². The maximum atomic E-state index is 6.87. The molecule has 0 aliphatic rings. The summed E-state index contributed by atoms with van der Waals surface area (Å²) in [5.74, 6) is 0.474. The average Bonchev–Trinajstić information content (AvgIpc) is 2.51. The van der Waals surface area contributed by atoms with Crippen molar-refractivity contribution in [2.24, 2.45) is 0 Å². The van der Waals surface area contributed by atoms with Gasteiger partial charge in [-0.3, -0.25) is 0 Å². The van der Waals surface area contributed by atoms with Gasteiger partial charge >= 0.3 is 0 Å². The molecule has 0 aliphatic heterocycles. The molecule has 0 radical (unpaired) electrons. The van der Waals surface area contributed by atoms with Crippen molar-refractivity contribution in [3.8, 4) is 0 Å². The van der Waals surface area contributed by atoms with Crippen molar-refractivity contribution in [1.82, 2.24) is 4.98 Å². The van der Waals surface area contributed by atoms with E-state index in [-0.39, 0.29) is 6.04 Å². The van der Waals surface area contributed by atoms with E-state index in [2.05, 4.69) is 23.7 Å². The SMILES string of the molecule is [C-]#[N+]C(C)c1cnc(C(C)C)s1. The third-order valence-corrected chi connectivity index (χ3v) is 3.11. The van der Waals surface area contributed by atoms with Crippen molar-refractivity contribution in [2.75, 3.05) is 0 Å². The third kappa shape index (κ3) is 1.83. The number of nitrogens with zero attached hydrogens (tertiary/aromatic N) is 2. The van der Waals surface area contributed by atoms with Gasteiger partial charge in [0.15, 0.2) is 0 Å². The summed E-state index contributed by atoms with van der Waals surface area (Å²) in [5, 5.41) is 1.13. The van der Waals surface area contributed by atoms with Gasteiger partial charge in [0.05, 0.1) is 5.01 Å². The maximum absolute atomic E-state index is 6.87. The van der Waals surface area contributed by atoms with Crippen LogP contribution in [0, 0.1) is 6.57 Å². The van der Waals surface area contributed by atoms with E-state index in [0.717, 1.165) is 9.88 Å². The van der Waals surface area contributed by atoms with E-state index in [1.54, 1.807) is 11.3 Å². The summed E-state index contributed by atoms with van der Waals surface area (Å²) in [5.41, 5.74) is 0.